The summed E-state index contributed by atoms with van der Waals surface area (Å²) in [6.07, 6.45) is 4.07. The molecule has 1 saturated carbocycles. The van der Waals surface area contributed by atoms with E-state index in [4.69, 9.17) is 5.73 Å². The average Bonchev–Trinajstić information content (AvgIpc) is 3.25. The molecule has 7 heteroatoms. The number of rotatable bonds is 5. The van der Waals surface area contributed by atoms with Crippen molar-refractivity contribution in [2.45, 2.75) is 44.2 Å². The van der Waals surface area contributed by atoms with Crippen LogP contribution < -0.4 is 11.1 Å². The van der Waals surface area contributed by atoms with E-state index in [0.717, 1.165) is 31.2 Å². The van der Waals surface area contributed by atoms with Crippen LogP contribution in [0.5, 0.6) is 0 Å². The molecule has 7 nitrogen and oxygen atoms in total. The van der Waals surface area contributed by atoms with Crippen LogP contribution in [0.1, 0.15) is 38.6 Å². The average molecular weight is 314 g/mol. The Labute approximate surface area is 135 Å². The van der Waals surface area contributed by atoms with E-state index >= 15 is 0 Å². The molecule has 1 aromatic carbocycles. The van der Waals surface area contributed by atoms with Crippen LogP contribution in [0.25, 0.3) is 11.4 Å². The quantitative estimate of drug-likeness (QED) is 0.866. The molecule has 1 fully saturated rings. The molecule has 2 aromatic rings. The van der Waals surface area contributed by atoms with Gasteiger partial charge in [-0.1, -0.05) is 43.2 Å². The molecule has 3 rings (SSSR count). The van der Waals surface area contributed by atoms with Crippen LogP contribution in [0.15, 0.2) is 30.3 Å². The number of tetrazole rings is 1. The summed E-state index contributed by atoms with van der Waals surface area (Å²) in [6, 6.07) is 9.05. The van der Waals surface area contributed by atoms with Crippen molar-refractivity contribution in [2.75, 3.05) is 6.54 Å². The van der Waals surface area contributed by atoms with Gasteiger partial charge in [-0.05, 0) is 25.0 Å². The maximum absolute atomic E-state index is 12.5. The fourth-order valence-electron chi connectivity index (χ4n) is 2.99. The van der Waals surface area contributed by atoms with E-state index in [1.54, 1.807) is 6.92 Å². The van der Waals surface area contributed by atoms with Gasteiger partial charge >= 0.3 is 0 Å². The van der Waals surface area contributed by atoms with Crippen LogP contribution in [-0.4, -0.2) is 38.2 Å². The topological polar surface area (TPSA) is 98.7 Å². The molecule has 0 radical (unpaired) electrons. The minimum Gasteiger partial charge on any atom is -0.347 e. The van der Waals surface area contributed by atoms with E-state index in [0.29, 0.717) is 12.4 Å². The first kappa shape index (κ1) is 15.6. The van der Waals surface area contributed by atoms with Crippen LogP contribution in [-0.2, 0) is 4.79 Å². The monoisotopic (exact) mass is 314 g/mol. The van der Waals surface area contributed by atoms with E-state index in [2.05, 4.69) is 20.7 Å². The normalized spacial score (nSPS) is 17.8. The van der Waals surface area contributed by atoms with Crippen molar-refractivity contribution in [1.82, 2.24) is 25.5 Å². The summed E-state index contributed by atoms with van der Waals surface area (Å²) in [5.74, 6) is 0.397. The lowest BCUT2D eigenvalue weighted by Gasteiger charge is -2.29. The van der Waals surface area contributed by atoms with Crippen molar-refractivity contribution in [1.29, 1.82) is 0 Å². The molecule has 23 heavy (non-hydrogen) atoms. The zero-order chi connectivity index (χ0) is 16.3. The number of benzene rings is 1. The van der Waals surface area contributed by atoms with Gasteiger partial charge < -0.3 is 11.1 Å². The number of nitrogens with two attached hydrogens (primary N) is 1. The van der Waals surface area contributed by atoms with Gasteiger partial charge in [0.1, 0.15) is 6.04 Å². The Kier molecular flexibility index (Phi) is 4.38. The smallest absolute Gasteiger partial charge is 0.246 e. The van der Waals surface area contributed by atoms with Crippen molar-refractivity contribution in [3.05, 3.63) is 30.3 Å². The first-order chi connectivity index (χ1) is 11.1. The Morgan fingerprint density at radius 2 is 2.04 bits per heavy atom. The third-order valence-electron chi connectivity index (χ3n) is 4.53. The second-order valence-electron chi connectivity index (χ2n) is 6.16. The van der Waals surface area contributed by atoms with Gasteiger partial charge in [0.25, 0.3) is 0 Å². The molecular weight excluding hydrogens is 292 g/mol. The molecule has 0 saturated heterocycles. The summed E-state index contributed by atoms with van der Waals surface area (Å²) < 4.78 is 0. The highest BCUT2D eigenvalue weighted by Crippen LogP contribution is 2.29. The summed E-state index contributed by atoms with van der Waals surface area (Å²) in [4.78, 5) is 13.9. The predicted molar refractivity (Wildman–Crippen MR) is 86.4 cm³/mol. The van der Waals surface area contributed by atoms with Crippen molar-refractivity contribution >= 4 is 5.91 Å². The van der Waals surface area contributed by atoms with Gasteiger partial charge in [0.15, 0.2) is 0 Å². The van der Waals surface area contributed by atoms with E-state index in [1.807, 2.05) is 30.3 Å². The Balaban J connectivity index is 1.72. The molecule has 1 heterocycles. The van der Waals surface area contributed by atoms with Crippen LogP contribution in [0.3, 0.4) is 0 Å². The molecule has 1 atom stereocenters. The predicted octanol–water partition coefficient (Wildman–Crippen LogP) is 1.29. The van der Waals surface area contributed by atoms with Crippen molar-refractivity contribution < 1.29 is 4.79 Å². The van der Waals surface area contributed by atoms with Gasteiger partial charge in [-0.3, -0.25) is 4.79 Å². The lowest BCUT2D eigenvalue weighted by molar-refractivity contribution is -0.126. The van der Waals surface area contributed by atoms with E-state index < -0.39 is 6.04 Å². The summed E-state index contributed by atoms with van der Waals surface area (Å²) in [5.41, 5.74) is 6.48. The van der Waals surface area contributed by atoms with E-state index in [-0.39, 0.29) is 11.4 Å². The molecule has 0 aliphatic heterocycles. The highest BCUT2D eigenvalue weighted by Gasteiger charge is 2.35. The SMILES string of the molecule is CC(C(=O)NC1(CN)CCCC1)n1nnc(-c2ccccc2)n1. The van der Waals surface area contributed by atoms with Gasteiger partial charge in [0, 0.05) is 12.1 Å². The molecule has 0 spiro atoms. The van der Waals surface area contributed by atoms with Gasteiger partial charge in [0.2, 0.25) is 11.7 Å². The van der Waals surface area contributed by atoms with Crippen LogP contribution in [0, 0.1) is 0 Å². The van der Waals surface area contributed by atoms with Gasteiger partial charge in [0.05, 0.1) is 5.54 Å². The molecule has 3 N–H and O–H groups in total. The van der Waals surface area contributed by atoms with E-state index in [9.17, 15) is 4.79 Å². The molecule has 1 unspecified atom stereocenters. The second-order valence-corrected chi connectivity index (χ2v) is 6.16. The van der Waals surface area contributed by atoms with Gasteiger partial charge in [-0.25, -0.2) is 0 Å². The summed E-state index contributed by atoms with van der Waals surface area (Å²) in [6.45, 7) is 2.23. The van der Waals surface area contributed by atoms with Crippen LogP contribution in [0.4, 0.5) is 0 Å². The molecule has 1 aliphatic rings. The number of hydrogen-bond acceptors (Lipinski definition) is 5. The highest BCUT2D eigenvalue weighted by atomic mass is 16.2. The Morgan fingerprint density at radius 1 is 1.35 bits per heavy atom. The minimum absolute atomic E-state index is 0.116. The lowest BCUT2D eigenvalue weighted by Crippen LogP contribution is -2.53. The fourth-order valence-corrected chi connectivity index (χ4v) is 2.99. The van der Waals surface area contributed by atoms with Crippen molar-refractivity contribution in [2.24, 2.45) is 5.73 Å². The third-order valence-corrected chi connectivity index (χ3v) is 4.53. The zero-order valence-electron chi connectivity index (χ0n) is 13.3. The summed E-state index contributed by atoms with van der Waals surface area (Å²) in [7, 11) is 0. The number of carbonyl (C=O) groups excluding carboxylic acids is 1. The fraction of sp³-hybridized carbons (Fsp3) is 0.500. The Bertz CT molecular complexity index is 662. The number of nitrogens with one attached hydrogen (secondary N) is 1. The van der Waals surface area contributed by atoms with Crippen molar-refractivity contribution in [3.63, 3.8) is 0 Å². The lowest BCUT2D eigenvalue weighted by atomic mass is 9.97. The third kappa shape index (κ3) is 3.24. The number of aromatic nitrogens is 4. The molecule has 122 valence electrons. The standard InChI is InChI=1S/C16H22N6O/c1-12(15(23)18-16(11-17)9-5-6-10-16)22-20-14(19-21-22)13-7-3-2-4-8-13/h2-4,7-8,12H,5-6,9-11,17H2,1H3,(H,18,23). The van der Waals surface area contributed by atoms with Gasteiger partial charge in [-0.15, -0.1) is 10.2 Å². The number of hydrogen-bond donors (Lipinski definition) is 2. The van der Waals surface area contributed by atoms with Crippen LogP contribution in [0.2, 0.25) is 0 Å². The number of amides is 1. The summed E-state index contributed by atoms with van der Waals surface area (Å²) in [5, 5.41) is 15.5. The molecule has 1 aliphatic carbocycles. The maximum atomic E-state index is 12.5. The minimum atomic E-state index is -0.524. The van der Waals surface area contributed by atoms with Crippen LogP contribution >= 0.6 is 0 Å². The molecule has 1 amide bonds. The first-order valence-electron chi connectivity index (χ1n) is 8.01. The highest BCUT2D eigenvalue weighted by molar-refractivity contribution is 5.80. The Morgan fingerprint density at radius 3 is 2.70 bits per heavy atom. The molecule has 1 aromatic heterocycles. The maximum Gasteiger partial charge on any atom is 0.246 e. The molecule has 0 bridgehead atoms. The second kappa shape index (κ2) is 6.45. The number of nitrogens with zero attached hydrogens (tertiary/aromatic N) is 4. The zero-order valence-corrected chi connectivity index (χ0v) is 13.3. The van der Waals surface area contributed by atoms with E-state index in [1.165, 1.54) is 4.80 Å². The number of carbonyl (C=O) groups is 1. The largest absolute Gasteiger partial charge is 0.347 e. The van der Waals surface area contributed by atoms with Crippen molar-refractivity contribution in [3.8, 4) is 11.4 Å². The molecular formula is C16H22N6O. The first-order valence-corrected chi connectivity index (χ1v) is 8.01. The summed E-state index contributed by atoms with van der Waals surface area (Å²) >= 11 is 0. The van der Waals surface area contributed by atoms with Gasteiger partial charge in [-0.2, -0.15) is 4.80 Å². The Hall–Kier alpha value is -2.28.